The molecule has 1 aromatic carbocycles. The molecule has 0 heterocycles. The van der Waals surface area contributed by atoms with E-state index in [1.807, 2.05) is 0 Å². The maximum Gasteiger partial charge on any atom is 0.180 e. The molecule has 1 N–H and O–H groups in total. The Labute approximate surface area is 121 Å². The Balaban J connectivity index is 2.11. The second-order valence-corrected chi connectivity index (χ2v) is 7.39. The molecule has 1 unspecified atom stereocenters. The van der Waals surface area contributed by atoms with Crippen molar-refractivity contribution >= 4 is 9.84 Å². The quantitative estimate of drug-likeness (QED) is 0.799. The zero-order valence-corrected chi connectivity index (χ0v) is 12.9. The van der Waals surface area contributed by atoms with Gasteiger partial charge in [-0.3, -0.25) is 0 Å². The second kappa shape index (κ2) is 6.59. The predicted molar refractivity (Wildman–Crippen MR) is 79.9 cm³/mol. The number of hydrogen-bond acceptors (Lipinski definition) is 4. The number of ether oxygens (including phenoxy) is 1. The van der Waals surface area contributed by atoms with Crippen molar-refractivity contribution in [3.05, 3.63) is 24.3 Å². The highest BCUT2D eigenvalue weighted by Crippen LogP contribution is 2.34. The van der Waals surface area contributed by atoms with Gasteiger partial charge >= 0.3 is 0 Å². The molecule has 1 aliphatic rings. The van der Waals surface area contributed by atoms with Crippen molar-refractivity contribution in [1.82, 2.24) is 5.32 Å². The van der Waals surface area contributed by atoms with Crippen molar-refractivity contribution in [3.8, 4) is 5.75 Å². The van der Waals surface area contributed by atoms with Gasteiger partial charge in [0, 0.05) is 6.04 Å². The lowest BCUT2D eigenvalue weighted by molar-refractivity contribution is 0.413. The Bertz CT molecular complexity index is 538. The zero-order valence-electron chi connectivity index (χ0n) is 12.1. The molecule has 0 aromatic heterocycles. The molecule has 0 radical (unpaired) electrons. The van der Waals surface area contributed by atoms with Crippen molar-refractivity contribution in [2.75, 3.05) is 19.4 Å². The molecule has 20 heavy (non-hydrogen) atoms. The Morgan fingerprint density at radius 2 is 2.15 bits per heavy atom. The SMILES string of the molecule is CCCNC(CS(=O)(=O)c1cccc(OC)c1)C1CC1. The van der Waals surface area contributed by atoms with Gasteiger partial charge in [-0.05, 0) is 49.9 Å². The molecule has 2 rings (SSSR count). The van der Waals surface area contributed by atoms with E-state index in [0.29, 0.717) is 16.6 Å². The van der Waals surface area contributed by atoms with E-state index in [4.69, 9.17) is 4.74 Å². The molecule has 4 nitrogen and oxygen atoms in total. The molecular weight excluding hydrogens is 274 g/mol. The highest BCUT2D eigenvalue weighted by molar-refractivity contribution is 7.91. The first-order valence-electron chi connectivity index (χ1n) is 7.17. The van der Waals surface area contributed by atoms with Gasteiger partial charge in [0.15, 0.2) is 9.84 Å². The first kappa shape index (κ1) is 15.3. The van der Waals surface area contributed by atoms with Crippen LogP contribution in [0.3, 0.4) is 0 Å². The molecular formula is C15H23NO3S. The summed E-state index contributed by atoms with van der Waals surface area (Å²) in [4.78, 5) is 0.348. The number of rotatable bonds is 8. The molecule has 1 aliphatic carbocycles. The van der Waals surface area contributed by atoms with Crippen molar-refractivity contribution in [3.63, 3.8) is 0 Å². The summed E-state index contributed by atoms with van der Waals surface area (Å²) in [5, 5.41) is 3.38. The van der Waals surface area contributed by atoms with Crippen LogP contribution in [0.5, 0.6) is 5.75 Å². The van der Waals surface area contributed by atoms with Gasteiger partial charge in [-0.15, -0.1) is 0 Å². The Hall–Kier alpha value is -1.07. The Morgan fingerprint density at radius 3 is 2.75 bits per heavy atom. The first-order valence-corrected chi connectivity index (χ1v) is 8.82. The molecule has 0 aliphatic heterocycles. The Morgan fingerprint density at radius 1 is 1.40 bits per heavy atom. The molecule has 1 saturated carbocycles. The van der Waals surface area contributed by atoms with Gasteiger partial charge in [0.1, 0.15) is 5.75 Å². The number of methoxy groups -OCH3 is 1. The molecule has 0 bridgehead atoms. The van der Waals surface area contributed by atoms with Crippen LogP contribution in [0, 0.1) is 5.92 Å². The summed E-state index contributed by atoms with van der Waals surface area (Å²) in [6, 6.07) is 6.79. The lowest BCUT2D eigenvalue weighted by Crippen LogP contribution is -2.38. The van der Waals surface area contributed by atoms with Crippen LogP contribution in [0.2, 0.25) is 0 Å². The summed E-state index contributed by atoms with van der Waals surface area (Å²) in [6.07, 6.45) is 3.28. The lowest BCUT2D eigenvalue weighted by Gasteiger charge is -2.18. The number of sulfone groups is 1. The fourth-order valence-electron chi connectivity index (χ4n) is 2.32. The van der Waals surface area contributed by atoms with E-state index >= 15 is 0 Å². The summed E-state index contributed by atoms with van der Waals surface area (Å²) in [5.41, 5.74) is 0. The number of benzene rings is 1. The maximum absolute atomic E-state index is 12.5. The second-order valence-electron chi connectivity index (χ2n) is 5.36. The van der Waals surface area contributed by atoms with Gasteiger partial charge in [0.05, 0.1) is 17.8 Å². The average molecular weight is 297 g/mol. The fourth-order valence-corrected chi connectivity index (χ4v) is 3.95. The smallest absolute Gasteiger partial charge is 0.180 e. The molecule has 0 spiro atoms. The van der Waals surface area contributed by atoms with Crippen LogP contribution < -0.4 is 10.1 Å². The predicted octanol–water partition coefficient (Wildman–Crippen LogP) is 2.25. The normalized spacial score (nSPS) is 16.9. The average Bonchev–Trinajstić information content (AvgIpc) is 3.28. The minimum Gasteiger partial charge on any atom is -0.497 e. The summed E-state index contributed by atoms with van der Waals surface area (Å²) < 4.78 is 30.1. The summed E-state index contributed by atoms with van der Waals surface area (Å²) in [7, 11) is -1.73. The summed E-state index contributed by atoms with van der Waals surface area (Å²) >= 11 is 0. The van der Waals surface area contributed by atoms with Crippen molar-refractivity contribution in [1.29, 1.82) is 0 Å². The van der Waals surface area contributed by atoms with Crippen LogP contribution in [0.4, 0.5) is 0 Å². The van der Waals surface area contributed by atoms with Gasteiger partial charge in [-0.25, -0.2) is 8.42 Å². The molecule has 0 amide bonds. The lowest BCUT2D eigenvalue weighted by atomic mass is 10.2. The van der Waals surface area contributed by atoms with E-state index in [0.717, 1.165) is 25.8 Å². The molecule has 1 atom stereocenters. The van der Waals surface area contributed by atoms with Crippen LogP contribution in [0.15, 0.2) is 29.2 Å². The standard InChI is InChI=1S/C15H23NO3S/c1-3-9-16-15(12-7-8-12)11-20(17,18)14-6-4-5-13(10-14)19-2/h4-6,10,12,15-16H,3,7-9,11H2,1-2H3. The van der Waals surface area contributed by atoms with Gasteiger partial charge in [-0.1, -0.05) is 13.0 Å². The van der Waals surface area contributed by atoms with E-state index < -0.39 is 9.84 Å². The van der Waals surface area contributed by atoms with E-state index in [-0.39, 0.29) is 11.8 Å². The van der Waals surface area contributed by atoms with Crippen LogP contribution >= 0.6 is 0 Å². The highest BCUT2D eigenvalue weighted by atomic mass is 32.2. The monoisotopic (exact) mass is 297 g/mol. The third kappa shape index (κ3) is 3.96. The maximum atomic E-state index is 12.5. The van der Waals surface area contributed by atoms with E-state index in [9.17, 15) is 8.42 Å². The van der Waals surface area contributed by atoms with Crippen molar-refractivity contribution < 1.29 is 13.2 Å². The number of nitrogens with one attached hydrogen (secondary N) is 1. The highest BCUT2D eigenvalue weighted by Gasteiger charge is 2.34. The van der Waals surface area contributed by atoms with Crippen LogP contribution in [0.1, 0.15) is 26.2 Å². The van der Waals surface area contributed by atoms with E-state index in [1.54, 1.807) is 31.4 Å². The first-order chi connectivity index (χ1) is 9.56. The minimum absolute atomic E-state index is 0.0751. The topological polar surface area (TPSA) is 55.4 Å². The zero-order chi connectivity index (χ0) is 14.6. The molecule has 1 fully saturated rings. The van der Waals surface area contributed by atoms with Gasteiger partial charge in [-0.2, -0.15) is 0 Å². The third-order valence-corrected chi connectivity index (χ3v) is 5.42. The number of hydrogen-bond donors (Lipinski definition) is 1. The largest absolute Gasteiger partial charge is 0.497 e. The third-order valence-electron chi connectivity index (χ3n) is 3.65. The van der Waals surface area contributed by atoms with Gasteiger partial charge in [0.2, 0.25) is 0 Å². The minimum atomic E-state index is -3.27. The van der Waals surface area contributed by atoms with E-state index in [2.05, 4.69) is 12.2 Å². The van der Waals surface area contributed by atoms with Crippen LogP contribution in [0.25, 0.3) is 0 Å². The van der Waals surface area contributed by atoms with E-state index in [1.165, 1.54) is 0 Å². The van der Waals surface area contributed by atoms with Gasteiger partial charge < -0.3 is 10.1 Å². The van der Waals surface area contributed by atoms with Crippen molar-refractivity contribution in [2.24, 2.45) is 5.92 Å². The fraction of sp³-hybridized carbons (Fsp3) is 0.600. The van der Waals surface area contributed by atoms with Crippen LogP contribution in [-0.2, 0) is 9.84 Å². The molecule has 1 aromatic rings. The Kier molecular flexibility index (Phi) is 5.05. The molecule has 0 saturated heterocycles. The molecule has 112 valence electrons. The van der Waals surface area contributed by atoms with Crippen molar-refractivity contribution in [2.45, 2.75) is 37.1 Å². The summed E-state index contributed by atoms with van der Waals surface area (Å²) in [6.45, 7) is 2.96. The van der Waals surface area contributed by atoms with Crippen LogP contribution in [-0.4, -0.2) is 33.9 Å². The summed E-state index contributed by atoms with van der Waals surface area (Å²) in [5.74, 6) is 1.27. The molecule has 5 heteroatoms. The van der Waals surface area contributed by atoms with Gasteiger partial charge in [0.25, 0.3) is 0 Å².